The Morgan fingerprint density at radius 2 is 1.95 bits per heavy atom. The van der Waals surface area contributed by atoms with E-state index in [0.717, 1.165) is 0 Å². The Kier molecular flexibility index (Phi) is 4.54. The van der Waals surface area contributed by atoms with Crippen molar-refractivity contribution in [3.8, 4) is 11.5 Å². The first-order valence-corrected chi connectivity index (χ1v) is 6.75. The maximum absolute atomic E-state index is 11.1. The highest BCUT2D eigenvalue weighted by Gasteiger charge is 2.17. The zero-order valence-electron chi connectivity index (χ0n) is 11.0. The number of rotatable bonds is 4. The fourth-order valence-corrected chi connectivity index (χ4v) is 2.04. The van der Waals surface area contributed by atoms with Gasteiger partial charge in [0, 0.05) is 24.7 Å². The number of nitro groups is 1. The summed E-state index contributed by atoms with van der Waals surface area (Å²) in [5.41, 5.74) is 0.245. The monoisotopic (exact) mass is 350 g/mol. The van der Waals surface area contributed by atoms with Gasteiger partial charge in [0.05, 0.1) is 9.40 Å². The quantitative estimate of drug-likeness (QED) is 0.664. The van der Waals surface area contributed by atoms with Crippen molar-refractivity contribution in [2.24, 2.45) is 0 Å². The van der Waals surface area contributed by atoms with E-state index in [1.807, 2.05) is 0 Å². The number of ether oxygens (including phenoxy) is 1. The standard InChI is InChI=1S/C14H11BrN2O4/c1-9(18)16-10-6-7-12(17(19)20)14(8-10)21-13-5-3-2-4-11(13)15/h2-8H,1H3,(H,16,18). The van der Waals surface area contributed by atoms with E-state index in [1.165, 1.54) is 25.1 Å². The molecule has 2 aromatic carbocycles. The Morgan fingerprint density at radius 3 is 2.57 bits per heavy atom. The van der Waals surface area contributed by atoms with Gasteiger partial charge in [0.2, 0.25) is 11.7 Å². The van der Waals surface area contributed by atoms with Crippen LogP contribution in [0, 0.1) is 10.1 Å². The predicted octanol–water partition coefficient (Wildman–Crippen LogP) is 4.11. The predicted molar refractivity (Wildman–Crippen MR) is 81.6 cm³/mol. The van der Waals surface area contributed by atoms with E-state index in [9.17, 15) is 14.9 Å². The van der Waals surface area contributed by atoms with E-state index in [-0.39, 0.29) is 17.3 Å². The van der Waals surface area contributed by atoms with Gasteiger partial charge in [-0.15, -0.1) is 0 Å². The van der Waals surface area contributed by atoms with E-state index in [1.54, 1.807) is 24.3 Å². The SMILES string of the molecule is CC(=O)Nc1ccc([N+](=O)[O-])c(Oc2ccccc2Br)c1. The van der Waals surface area contributed by atoms with E-state index < -0.39 is 4.92 Å². The number of carbonyl (C=O) groups is 1. The van der Waals surface area contributed by atoms with Crippen LogP contribution in [0.15, 0.2) is 46.9 Å². The number of halogens is 1. The summed E-state index contributed by atoms with van der Waals surface area (Å²) in [6.07, 6.45) is 0. The molecule has 1 N–H and O–H groups in total. The molecule has 7 heteroatoms. The average Bonchev–Trinajstić information content (AvgIpc) is 2.40. The molecule has 0 bridgehead atoms. The summed E-state index contributed by atoms with van der Waals surface area (Å²) in [6, 6.07) is 11.2. The second-order valence-corrected chi connectivity index (χ2v) is 5.01. The Hall–Kier alpha value is -2.41. The third-order valence-electron chi connectivity index (χ3n) is 2.53. The van der Waals surface area contributed by atoms with Crippen molar-refractivity contribution in [2.75, 3.05) is 5.32 Å². The first-order valence-electron chi connectivity index (χ1n) is 5.96. The van der Waals surface area contributed by atoms with Crippen molar-refractivity contribution < 1.29 is 14.5 Å². The lowest BCUT2D eigenvalue weighted by Crippen LogP contribution is -2.06. The molecule has 0 aliphatic carbocycles. The van der Waals surface area contributed by atoms with E-state index in [4.69, 9.17) is 4.74 Å². The van der Waals surface area contributed by atoms with Gasteiger partial charge in [0.1, 0.15) is 5.75 Å². The molecule has 0 fully saturated rings. The van der Waals surface area contributed by atoms with E-state index >= 15 is 0 Å². The summed E-state index contributed by atoms with van der Waals surface area (Å²) >= 11 is 3.31. The van der Waals surface area contributed by atoms with Gasteiger partial charge in [0.25, 0.3) is 0 Å². The molecule has 0 saturated heterocycles. The van der Waals surface area contributed by atoms with Crippen LogP contribution in [0.25, 0.3) is 0 Å². The minimum absolute atomic E-state index is 0.0538. The lowest BCUT2D eigenvalue weighted by atomic mass is 10.2. The van der Waals surface area contributed by atoms with Gasteiger partial charge < -0.3 is 10.1 Å². The molecule has 0 radical (unpaired) electrons. The van der Waals surface area contributed by atoms with Gasteiger partial charge in [-0.3, -0.25) is 14.9 Å². The lowest BCUT2D eigenvalue weighted by molar-refractivity contribution is -0.385. The van der Waals surface area contributed by atoms with Crippen LogP contribution in [-0.4, -0.2) is 10.8 Å². The Labute approximate surface area is 129 Å². The summed E-state index contributed by atoms with van der Waals surface area (Å²) in [4.78, 5) is 21.6. The maximum atomic E-state index is 11.1. The normalized spacial score (nSPS) is 10.0. The van der Waals surface area contributed by atoms with Crippen LogP contribution in [-0.2, 0) is 4.79 Å². The van der Waals surface area contributed by atoms with Crippen molar-refractivity contribution in [3.05, 3.63) is 57.1 Å². The molecule has 0 saturated carbocycles. The number of benzene rings is 2. The summed E-state index contributed by atoms with van der Waals surface area (Å²) in [7, 11) is 0. The third kappa shape index (κ3) is 3.79. The van der Waals surface area contributed by atoms with Crippen LogP contribution in [0.4, 0.5) is 11.4 Å². The number of anilines is 1. The van der Waals surface area contributed by atoms with Crippen molar-refractivity contribution >= 4 is 33.2 Å². The van der Waals surface area contributed by atoms with Crippen LogP contribution < -0.4 is 10.1 Å². The lowest BCUT2D eigenvalue weighted by Gasteiger charge is -2.10. The van der Waals surface area contributed by atoms with Gasteiger partial charge >= 0.3 is 5.69 Å². The molecule has 2 aromatic rings. The van der Waals surface area contributed by atoms with Crippen LogP contribution in [0.2, 0.25) is 0 Å². The zero-order valence-corrected chi connectivity index (χ0v) is 12.6. The summed E-state index contributed by atoms with van der Waals surface area (Å²) in [5.74, 6) is 0.231. The van der Waals surface area contributed by atoms with Crippen LogP contribution in [0.3, 0.4) is 0 Å². The van der Waals surface area contributed by atoms with Gasteiger partial charge in [-0.1, -0.05) is 12.1 Å². The Bertz CT molecular complexity index is 703. The van der Waals surface area contributed by atoms with E-state index in [2.05, 4.69) is 21.2 Å². The van der Waals surface area contributed by atoms with Gasteiger partial charge in [-0.05, 0) is 34.1 Å². The first-order chi connectivity index (χ1) is 9.97. The molecule has 1 amide bonds. The van der Waals surface area contributed by atoms with E-state index in [0.29, 0.717) is 15.9 Å². The number of hydrogen-bond donors (Lipinski definition) is 1. The summed E-state index contributed by atoms with van der Waals surface area (Å²) in [6.45, 7) is 1.36. The minimum atomic E-state index is -0.538. The first kappa shape index (κ1) is 15.0. The molecule has 108 valence electrons. The molecule has 0 aromatic heterocycles. The molecule has 0 aliphatic rings. The number of carbonyl (C=O) groups excluding carboxylic acids is 1. The Balaban J connectivity index is 2.41. The average molecular weight is 351 g/mol. The number of nitrogens with one attached hydrogen (secondary N) is 1. The highest BCUT2D eigenvalue weighted by atomic mass is 79.9. The fourth-order valence-electron chi connectivity index (χ4n) is 1.67. The largest absolute Gasteiger partial charge is 0.449 e. The molecule has 6 nitrogen and oxygen atoms in total. The topological polar surface area (TPSA) is 81.5 Å². The molecule has 0 heterocycles. The number of nitrogens with zero attached hydrogens (tertiary/aromatic N) is 1. The van der Waals surface area contributed by atoms with Crippen LogP contribution in [0.5, 0.6) is 11.5 Å². The van der Waals surface area contributed by atoms with Gasteiger partial charge in [0.15, 0.2) is 0 Å². The van der Waals surface area contributed by atoms with Crippen molar-refractivity contribution in [1.82, 2.24) is 0 Å². The number of hydrogen-bond acceptors (Lipinski definition) is 4. The molecule has 2 rings (SSSR count). The summed E-state index contributed by atoms with van der Waals surface area (Å²) in [5, 5.41) is 13.6. The number of para-hydroxylation sites is 1. The Morgan fingerprint density at radius 1 is 1.24 bits per heavy atom. The smallest absolute Gasteiger partial charge is 0.311 e. The summed E-state index contributed by atoms with van der Waals surface area (Å²) < 4.78 is 6.25. The molecule has 0 aliphatic heterocycles. The fraction of sp³-hybridized carbons (Fsp3) is 0.0714. The number of nitro benzene ring substituents is 1. The van der Waals surface area contributed by atoms with Crippen molar-refractivity contribution in [2.45, 2.75) is 6.92 Å². The molecule has 21 heavy (non-hydrogen) atoms. The van der Waals surface area contributed by atoms with Gasteiger partial charge in [-0.25, -0.2) is 0 Å². The molecule has 0 spiro atoms. The molecular formula is C14H11BrN2O4. The van der Waals surface area contributed by atoms with Crippen LogP contribution in [0.1, 0.15) is 6.92 Å². The zero-order chi connectivity index (χ0) is 15.4. The van der Waals surface area contributed by atoms with Crippen molar-refractivity contribution in [1.29, 1.82) is 0 Å². The number of amides is 1. The third-order valence-corrected chi connectivity index (χ3v) is 3.19. The highest BCUT2D eigenvalue weighted by Crippen LogP contribution is 2.36. The molecular weight excluding hydrogens is 340 g/mol. The van der Waals surface area contributed by atoms with Crippen molar-refractivity contribution in [3.63, 3.8) is 0 Å². The van der Waals surface area contributed by atoms with Crippen LogP contribution >= 0.6 is 15.9 Å². The molecule has 0 unspecified atom stereocenters. The second-order valence-electron chi connectivity index (χ2n) is 4.15. The van der Waals surface area contributed by atoms with Gasteiger partial charge in [-0.2, -0.15) is 0 Å². The minimum Gasteiger partial charge on any atom is -0.449 e. The second kappa shape index (κ2) is 6.36. The highest BCUT2D eigenvalue weighted by molar-refractivity contribution is 9.10. The molecule has 0 atom stereocenters. The maximum Gasteiger partial charge on any atom is 0.311 e.